The number of amides is 1. The van der Waals surface area contributed by atoms with Crippen molar-refractivity contribution >= 4 is 45.2 Å². The van der Waals surface area contributed by atoms with Crippen LogP contribution in [0.15, 0.2) is 24.3 Å². The summed E-state index contributed by atoms with van der Waals surface area (Å²) in [5.74, 6) is -0.0803. The van der Waals surface area contributed by atoms with Gasteiger partial charge in [0.05, 0.1) is 21.0 Å². The number of benzene rings is 1. The molecule has 0 atom stereocenters. The van der Waals surface area contributed by atoms with Gasteiger partial charge < -0.3 is 10.4 Å². The second kappa shape index (κ2) is 9.52. The number of aliphatic carboxylic acids is 1. The number of carbonyl (C=O) groups is 2. The van der Waals surface area contributed by atoms with Gasteiger partial charge in [0, 0.05) is 18.7 Å². The normalized spacial score (nSPS) is 10.8. The van der Waals surface area contributed by atoms with Crippen molar-refractivity contribution < 1.29 is 14.7 Å². The maximum Gasteiger partial charge on any atom is 0.313 e. The minimum Gasteiger partial charge on any atom is -0.481 e. The summed E-state index contributed by atoms with van der Waals surface area (Å²) in [6.45, 7) is 0.522. The lowest BCUT2D eigenvalue weighted by molar-refractivity contribution is -0.133. The molecule has 0 unspecified atom stereocenters. The number of nitrogens with one attached hydrogen (secondary N) is 1. The van der Waals surface area contributed by atoms with E-state index in [0.717, 1.165) is 29.8 Å². The van der Waals surface area contributed by atoms with Gasteiger partial charge in [0.1, 0.15) is 0 Å². The molecule has 0 radical (unpaired) electrons. The van der Waals surface area contributed by atoms with E-state index in [1.807, 2.05) is 18.2 Å². The second-order valence-electron chi connectivity index (χ2n) is 5.08. The van der Waals surface area contributed by atoms with Crippen molar-refractivity contribution in [3.05, 3.63) is 29.3 Å². The largest absolute Gasteiger partial charge is 0.481 e. The summed E-state index contributed by atoms with van der Waals surface area (Å²) in [5.41, 5.74) is 1.05. The van der Waals surface area contributed by atoms with Crippen molar-refractivity contribution in [2.24, 2.45) is 0 Å². The smallest absolute Gasteiger partial charge is 0.313 e. The first-order valence-corrected chi connectivity index (χ1v) is 9.53. The number of unbranched alkanes of at least 4 members (excludes halogenated alkanes) is 1. The lowest BCUT2D eigenvalue weighted by Gasteiger charge is -2.04. The van der Waals surface area contributed by atoms with Gasteiger partial charge in [-0.25, -0.2) is 4.98 Å². The predicted octanol–water partition coefficient (Wildman–Crippen LogP) is 2.94. The van der Waals surface area contributed by atoms with Crippen LogP contribution in [0, 0.1) is 0 Å². The van der Waals surface area contributed by atoms with Gasteiger partial charge in [0.25, 0.3) is 0 Å². The number of aromatic nitrogens is 1. The minimum atomic E-state index is -0.823. The number of hydrogen-bond acceptors (Lipinski definition) is 5. The average molecular weight is 352 g/mol. The van der Waals surface area contributed by atoms with Gasteiger partial charge in [-0.05, 0) is 31.4 Å². The number of fused-ring (bicyclic) bond motifs is 1. The molecule has 0 spiro atoms. The molecule has 0 aliphatic rings. The van der Waals surface area contributed by atoms with Crippen LogP contribution in [0.3, 0.4) is 0 Å². The first-order chi connectivity index (χ1) is 11.1. The van der Waals surface area contributed by atoms with E-state index in [9.17, 15) is 9.59 Å². The van der Waals surface area contributed by atoms with Gasteiger partial charge >= 0.3 is 5.97 Å². The number of thiazole rings is 1. The van der Waals surface area contributed by atoms with Crippen LogP contribution in [0.2, 0.25) is 0 Å². The molecule has 0 aliphatic heterocycles. The highest BCUT2D eigenvalue weighted by Crippen LogP contribution is 2.22. The molecule has 7 heteroatoms. The summed E-state index contributed by atoms with van der Waals surface area (Å²) in [4.78, 5) is 26.6. The molecule has 1 aromatic carbocycles. The van der Waals surface area contributed by atoms with Gasteiger partial charge in [-0.15, -0.1) is 23.1 Å². The molecule has 0 bridgehead atoms. The molecule has 0 aliphatic carbocycles. The molecular weight excluding hydrogens is 332 g/mol. The van der Waals surface area contributed by atoms with Crippen LogP contribution in [-0.4, -0.2) is 40.0 Å². The molecule has 2 N–H and O–H groups in total. The molecule has 2 rings (SSSR count). The van der Waals surface area contributed by atoms with Crippen LogP contribution in [-0.2, 0) is 16.0 Å². The first kappa shape index (κ1) is 17.7. The van der Waals surface area contributed by atoms with Crippen LogP contribution in [0.4, 0.5) is 0 Å². The molecule has 0 saturated carbocycles. The van der Waals surface area contributed by atoms with E-state index in [-0.39, 0.29) is 11.7 Å². The van der Waals surface area contributed by atoms with Crippen molar-refractivity contribution in [2.45, 2.75) is 25.7 Å². The van der Waals surface area contributed by atoms with E-state index in [0.29, 0.717) is 18.7 Å². The van der Waals surface area contributed by atoms with Gasteiger partial charge in [0.15, 0.2) is 0 Å². The summed E-state index contributed by atoms with van der Waals surface area (Å²) < 4.78 is 1.21. The van der Waals surface area contributed by atoms with Gasteiger partial charge in [-0.2, -0.15) is 0 Å². The first-order valence-electron chi connectivity index (χ1n) is 7.56. The SMILES string of the molecule is O=C(O)CSCCNC(=O)CCCCc1nc2ccccc2s1. The molecule has 124 valence electrons. The van der Waals surface area contributed by atoms with Crippen LogP contribution < -0.4 is 5.32 Å². The number of aryl methyl sites for hydroxylation is 1. The van der Waals surface area contributed by atoms with E-state index in [4.69, 9.17) is 5.11 Å². The minimum absolute atomic E-state index is 0.0326. The van der Waals surface area contributed by atoms with Crippen molar-refractivity contribution in [3.8, 4) is 0 Å². The average Bonchev–Trinajstić information content (AvgIpc) is 2.93. The Balaban J connectivity index is 1.56. The zero-order valence-electron chi connectivity index (χ0n) is 12.8. The number of nitrogens with zero attached hydrogens (tertiary/aromatic N) is 1. The summed E-state index contributed by atoms with van der Waals surface area (Å²) in [7, 11) is 0. The third-order valence-electron chi connectivity index (χ3n) is 3.18. The number of carboxylic acid groups (broad SMARTS) is 1. The molecule has 23 heavy (non-hydrogen) atoms. The quantitative estimate of drug-likeness (QED) is 0.643. The number of rotatable bonds is 10. The van der Waals surface area contributed by atoms with Crippen LogP contribution in [0.1, 0.15) is 24.3 Å². The highest BCUT2D eigenvalue weighted by molar-refractivity contribution is 7.99. The van der Waals surface area contributed by atoms with Crippen molar-refractivity contribution in [1.82, 2.24) is 10.3 Å². The highest BCUT2D eigenvalue weighted by atomic mass is 32.2. The van der Waals surface area contributed by atoms with Crippen LogP contribution >= 0.6 is 23.1 Å². The van der Waals surface area contributed by atoms with Gasteiger partial charge in [-0.1, -0.05) is 12.1 Å². The number of hydrogen-bond donors (Lipinski definition) is 2. The Labute approximate surface area is 143 Å². The Kier molecular flexibility index (Phi) is 7.35. The van der Waals surface area contributed by atoms with Crippen molar-refractivity contribution in [3.63, 3.8) is 0 Å². The maximum absolute atomic E-state index is 11.6. The van der Waals surface area contributed by atoms with Crippen molar-refractivity contribution in [2.75, 3.05) is 18.1 Å². The molecule has 1 heterocycles. The molecule has 0 saturated heterocycles. The topological polar surface area (TPSA) is 79.3 Å². The van der Waals surface area contributed by atoms with Crippen LogP contribution in [0.5, 0.6) is 0 Å². The van der Waals surface area contributed by atoms with E-state index < -0.39 is 5.97 Å². The van der Waals surface area contributed by atoms with E-state index in [1.165, 1.54) is 16.5 Å². The fraction of sp³-hybridized carbons (Fsp3) is 0.438. The molecule has 2 aromatic rings. The summed E-state index contributed by atoms with van der Waals surface area (Å²) in [5, 5.41) is 12.4. The Morgan fingerprint density at radius 1 is 1.26 bits per heavy atom. The molecular formula is C16H20N2O3S2. The third-order valence-corrected chi connectivity index (χ3v) is 5.22. The van der Waals surface area contributed by atoms with Crippen LogP contribution in [0.25, 0.3) is 10.2 Å². The monoisotopic (exact) mass is 352 g/mol. The van der Waals surface area contributed by atoms with E-state index in [2.05, 4.69) is 16.4 Å². The number of carbonyl (C=O) groups excluding carboxylic acids is 1. The summed E-state index contributed by atoms with van der Waals surface area (Å²) >= 11 is 3.03. The predicted molar refractivity (Wildman–Crippen MR) is 95.1 cm³/mol. The second-order valence-corrected chi connectivity index (χ2v) is 7.30. The Morgan fingerprint density at radius 2 is 2.09 bits per heavy atom. The Hall–Kier alpha value is -1.60. The van der Waals surface area contributed by atoms with E-state index >= 15 is 0 Å². The summed E-state index contributed by atoms with van der Waals surface area (Å²) in [6.07, 6.45) is 3.20. The number of thioether (sulfide) groups is 1. The number of carboxylic acids is 1. The van der Waals surface area contributed by atoms with Gasteiger partial charge in [-0.3, -0.25) is 9.59 Å². The summed E-state index contributed by atoms with van der Waals surface area (Å²) in [6, 6.07) is 8.10. The van der Waals surface area contributed by atoms with Gasteiger partial charge in [0.2, 0.25) is 5.91 Å². The maximum atomic E-state index is 11.6. The lowest BCUT2D eigenvalue weighted by Crippen LogP contribution is -2.25. The Bertz CT molecular complexity index is 625. The van der Waals surface area contributed by atoms with E-state index in [1.54, 1.807) is 11.3 Å². The fourth-order valence-electron chi connectivity index (χ4n) is 2.10. The molecule has 1 amide bonds. The Morgan fingerprint density at radius 3 is 2.87 bits per heavy atom. The highest BCUT2D eigenvalue weighted by Gasteiger charge is 2.05. The fourth-order valence-corrected chi connectivity index (χ4v) is 3.67. The third kappa shape index (κ3) is 6.58. The molecule has 0 fully saturated rings. The molecule has 1 aromatic heterocycles. The zero-order chi connectivity index (χ0) is 16.5. The lowest BCUT2D eigenvalue weighted by atomic mass is 10.2. The molecule has 5 nitrogen and oxygen atoms in total. The van der Waals surface area contributed by atoms with Crippen molar-refractivity contribution in [1.29, 1.82) is 0 Å². The zero-order valence-corrected chi connectivity index (χ0v) is 14.4. The number of para-hydroxylation sites is 1. The standard InChI is InChI=1S/C16H20N2O3S2/c19-14(17-9-10-22-11-16(20)21)7-3-4-8-15-18-12-5-1-2-6-13(12)23-15/h1-2,5-6H,3-4,7-11H2,(H,17,19)(H,20,21).